The lowest BCUT2D eigenvalue weighted by Crippen LogP contribution is -2.50. The highest BCUT2D eigenvalue weighted by atomic mass is 16.6. The lowest BCUT2D eigenvalue weighted by atomic mass is 9.71. The van der Waals surface area contributed by atoms with Crippen LogP contribution in [0.15, 0.2) is 0 Å². The molecule has 0 bridgehead atoms. The quantitative estimate of drug-likeness (QED) is 0.615. The molecule has 2 rings (SSSR count). The van der Waals surface area contributed by atoms with Crippen LogP contribution in [0, 0.1) is 17.8 Å². The summed E-state index contributed by atoms with van der Waals surface area (Å²) in [5.74, 6) is 7.78. The molecule has 0 aromatic heterocycles. The van der Waals surface area contributed by atoms with Crippen LogP contribution < -0.4 is 11.3 Å². The van der Waals surface area contributed by atoms with Gasteiger partial charge in [0, 0.05) is 19.1 Å². The van der Waals surface area contributed by atoms with Crippen LogP contribution in [0.25, 0.3) is 0 Å². The van der Waals surface area contributed by atoms with E-state index in [1.165, 1.54) is 32.1 Å². The standard InChI is InChI=1S/C18H35N3O2/c1-5-13-8-6-7-9-15(13)16(20-19)14-10-11-21(12-14)17(22)23-18(2,3)4/h13-16,20H,5-12,19H2,1-4H3. The summed E-state index contributed by atoms with van der Waals surface area (Å²) < 4.78 is 5.51. The molecule has 2 fully saturated rings. The maximum Gasteiger partial charge on any atom is 0.410 e. The molecule has 5 nitrogen and oxygen atoms in total. The van der Waals surface area contributed by atoms with E-state index in [0.717, 1.165) is 25.4 Å². The van der Waals surface area contributed by atoms with Crippen molar-refractivity contribution in [2.24, 2.45) is 23.6 Å². The fraction of sp³-hybridized carbons (Fsp3) is 0.944. The molecule has 1 saturated carbocycles. The minimum atomic E-state index is -0.433. The number of amides is 1. The molecule has 0 radical (unpaired) electrons. The van der Waals surface area contributed by atoms with Crippen molar-refractivity contribution >= 4 is 6.09 Å². The van der Waals surface area contributed by atoms with Gasteiger partial charge in [0.05, 0.1) is 0 Å². The number of rotatable bonds is 4. The Balaban J connectivity index is 1.96. The molecule has 1 heterocycles. The van der Waals surface area contributed by atoms with Gasteiger partial charge in [-0.15, -0.1) is 0 Å². The average molecular weight is 325 g/mol. The van der Waals surface area contributed by atoms with Gasteiger partial charge in [0.15, 0.2) is 0 Å². The molecule has 1 aliphatic carbocycles. The first-order valence-electron chi connectivity index (χ1n) is 9.29. The average Bonchev–Trinajstić information content (AvgIpc) is 2.97. The number of likely N-dealkylation sites (tertiary alicyclic amines) is 1. The van der Waals surface area contributed by atoms with Crippen molar-refractivity contribution in [1.82, 2.24) is 10.3 Å². The van der Waals surface area contributed by atoms with Gasteiger partial charge in [0.1, 0.15) is 5.60 Å². The summed E-state index contributed by atoms with van der Waals surface area (Å²) in [6, 6.07) is 0.313. The number of carbonyl (C=O) groups excluding carboxylic acids is 1. The normalized spacial score (nSPS) is 30.3. The third kappa shape index (κ3) is 4.83. The highest BCUT2D eigenvalue weighted by Crippen LogP contribution is 2.38. The van der Waals surface area contributed by atoms with Crippen molar-refractivity contribution in [2.45, 2.75) is 77.9 Å². The second-order valence-corrected chi connectivity index (χ2v) is 8.28. The van der Waals surface area contributed by atoms with Crippen LogP contribution in [-0.2, 0) is 4.74 Å². The van der Waals surface area contributed by atoms with Crippen molar-refractivity contribution in [1.29, 1.82) is 0 Å². The van der Waals surface area contributed by atoms with Crippen LogP contribution in [0.4, 0.5) is 4.79 Å². The Kier molecular flexibility index (Phi) is 6.32. The topological polar surface area (TPSA) is 67.6 Å². The van der Waals surface area contributed by atoms with Gasteiger partial charge in [-0.3, -0.25) is 11.3 Å². The lowest BCUT2D eigenvalue weighted by Gasteiger charge is -2.39. The zero-order valence-electron chi connectivity index (χ0n) is 15.3. The molecular weight excluding hydrogens is 290 g/mol. The first kappa shape index (κ1) is 18.5. The summed E-state index contributed by atoms with van der Waals surface area (Å²) in [4.78, 5) is 14.1. The van der Waals surface area contributed by atoms with Crippen LogP contribution in [0.5, 0.6) is 0 Å². The monoisotopic (exact) mass is 325 g/mol. The third-order valence-corrected chi connectivity index (χ3v) is 5.53. The van der Waals surface area contributed by atoms with Gasteiger partial charge < -0.3 is 9.64 Å². The molecule has 1 aliphatic heterocycles. The molecule has 5 heteroatoms. The fourth-order valence-corrected chi connectivity index (χ4v) is 4.40. The van der Waals surface area contributed by atoms with Crippen LogP contribution in [0.2, 0.25) is 0 Å². The molecule has 3 N–H and O–H groups in total. The number of hydrazine groups is 1. The van der Waals surface area contributed by atoms with E-state index in [-0.39, 0.29) is 6.09 Å². The predicted molar refractivity (Wildman–Crippen MR) is 92.8 cm³/mol. The molecule has 1 amide bonds. The second kappa shape index (κ2) is 7.84. The number of nitrogens with two attached hydrogens (primary N) is 1. The number of hydrogen-bond donors (Lipinski definition) is 2. The molecule has 2 aliphatic rings. The molecule has 23 heavy (non-hydrogen) atoms. The molecule has 4 unspecified atom stereocenters. The van der Waals surface area contributed by atoms with Gasteiger partial charge in [-0.2, -0.15) is 0 Å². The van der Waals surface area contributed by atoms with Gasteiger partial charge in [-0.05, 0) is 51.4 Å². The van der Waals surface area contributed by atoms with Gasteiger partial charge in [0.2, 0.25) is 0 Å². The highest BCUT2D eigenvalue weighted by molar-refractivity contribution is 5.68. The molecule has 1 saturated heterocycles. The Hall–Kier alpha value is -0.810. The number of nitrogens with one attached hydrogen (secondary N) is 1. The Morgan fingerprint density at radius 1 is 1.30 bits per heavy atom. The van der Waals surface area contributed by atoms with Crippen molar-refractivity contribution < 1.29 is 9.53 Å². The largest absolute Gasteiger partial charge is 0.444 e. The molecule has 134 valence electrons. The van der Waals surface area contributed by atoms with Gasteiger partial charge in [-0.25, -0.2) is 4.79 Å². The van der Waals surface area contributed by atoms with E-state index < -0.39 is 5.60 Å². The minimum absolute atomic E-state index is 0.188. The minimum Gasteiger partial charge on any atom is -0.444 e. The molecule has 0 aromatic rings. The van der Waals surface area contributed by atoms with E-state index in [4.69, 9.17) is 10.6 Å². The summed E-state index contributed by atoms with van der Waals surface area (Å²) in [6.45, 7) is 9.57. The smallest absolute Gasteiger partial charge is 0.410 e. The lowest BCUT2D eigenvalue weighted by molar-refractivity contribution is 0.0279. The van der Waals surface area contributed by atoms with Gasteiger partial charge >= 0.3 is 6.09 Å². The van der Waals surface area contributed by atoms with E-state index in [1.807, 2.05) is 25.7 Å². The summed E-state index contributed by atoms with van der Waals surface area (Å²) >= 11 is 0. The number of ether oxygens (including phenoxy) is 1. The second-order valence-electron chi connectivity index (χ2n) is 8.28. The van der Waals surface area contributed by atoms with E-state index in [1.54, 1.807) is 0 Å². The van der Waals surface area contributed by atoms with Crippen LogP contribution >= 0.6 is 0 Å². The summed E-state index contributed by atoms with van der Waals surface area (Å²) in [7, 11) is 0. The SMILES string of the molecule is CCC1CCCCC1C(NN)C1CCN(C(=O)OC(C)(C)C)C1. The first-order chi connectivity index (χ1) is 10.9. The first-order valence-corrected chi connectivity index (χ1v) is 9.29. The van der Waals surface area contributed by atoms with Crippen molar-refractivity contribution in [2.75, 3.05) is 13.1 Å². The predicted octanol–water partition coefficient (Wildman–Crippen LogP) is 3.29. The highest BCUT2D eigenvalue weighted by Gasteiger charge is 2.39. The summed E-state index contributed by atoms with van der Waals surface area (Å²) in [5.41, 5.74) is 2.67. The van der Waals surface area contributed by atoms with Crippen molar-refractivity contribution in [3.63, 3.8) is 0 Å². The fourth-order valence-electron chi connectivity index (χ4n) is 4.40. The Bertz CT molecular complexity index is 394. The van der Waals surface area contributed by atoms with Gasteiger partial charge in [0.25, 0.3) is 0 Å². The van der Waals surface area contributed by atoms with Crippen LogP contribution in [0.3, 0.4) is 0 Å². The maximum atomic E-state index is 12.3. The zero-order chi connectivity index (χ0) is 17.0. The molecule has 0 spiro atoms. The van der Waals surface area contributed by atoms with E-state index in [9.17, 15) is 4.79 Å². The van der Waals surface area contributed by atoms with Crippen molar-refractivity contribution in [3.05, 3.63) is 0 Å². The summed E-state index contributed by atoms with van der Waals surface area (Å²) in [6.07, 6.45) is 7.29. The molecule has 0 aromatic carbocycles. The maximum absolute atomic E-state index is 12.3. The number of carbonyl (C=O) groups is 1. The van der Waals surface area contributed by atoms with Crippen LogP contribution in [0.1, 0.15) is 66.2 Å². The Labute approximate surface area is 141 Å². The van der Waals surface area contributed by atoms with E-state index in [0.29, 0.717) is 17.9 Å². The van der Waals surface area contributed by atoms with Crippen LogP contribution in [-0.4, -0.2) is 35.7 Å². The van der Waals surface area contributed by atoms with E-state index >= 15 is 0 Å². The van der Waals surface area contributed by atoms with Crippen molar-refractivity contribution in [3.8, 4) is 0 Å². The van der Waals surface area contributed by atoms with E-state index in [2.05, 4.69) is 12.3 Å². The number of hydrogen-bond acceptors (Lipinski definition) is 4. The molecular formula is C18H35N3O2. The Morgan fingerprint density at radius 2 is 2.00 bits per heavy atom. The summed E-state index contributed by atoms with van der Waals surface area (Å²) in [5, 5.41) is 0. The third-order valence-electron chi connectivity index (χ3n) is 5.53. The number of nitrogens with zero attached hydrogens (tertiary/aromatic N) is 1. The molecule has 4 atom stereocenters. The van der Waals surface area contributed by atoms with Gasteiger partial charge in [-0.1, -0.05) is 32.6 Å². The Morgan fingerprint density at radius 3 is 2.61 bits per heavy atom. The zero-order valence-corrected chi connectivity index (χ0v) is 15.3.